The first-order valence-corrected chi connectivity index (χ1v) is 11.3. The van der Waals surface area contributed by atoms with Gasteiger partial charge in [-0.05, 0) is 73.5 Å². The Kier molecular flexibility index (Phi) is 5.64. The van der Waals surface area contributed by atoms with Crippen LogP contribution in [-0.2, 0) is 0 Å². The van der Waals surface area contributed by atoms with Crippen molar-refractivity contribution >= 4 is 28.1 Å². The maximum Gasteiger partial charge on any atom is 0.170 e. The molecular formula is C26H27N5S. The molecule has 5 rings (SSSR count). The standard InChI is InChI=1S/C26H27N5S/c1-29(2)16-17-31-25(24(28-26(31)32)22-10-5-6-14-27-22)23-11-7-15-30(23)21-13-12-19-8-3-4-9-20(19)18-21/h3-15,18,24-25H,16-17H2,1-2H3,(H,28,32)/t24-,25+/m0/s1. The topological polar surface area (TPSA) is 36.3 Å². The van der Waals surface area contributed by atoms with E-state index in [0.29, 0.717) is 0 Å². The highest BCUT2D eigenvalue weighted by Gasteiger charge is 2.41. The second-order valence-corrected chi connectivity index (χ2v) is 8.84. The zero-order valence-electron chi connectivity index (χ0n) is 18.3. The molecule has 3 heterocycles. The highest BCUT2D eigenvalue weighted by atomic mass is 32.1. The van der Waals surface area contributed by atoms with Gasteiger partial charge in [0.2, 0.25) is 0 Å². The summed E-state index contributed by atoms with van der Waals surface area (Å²) in [5, 5.41) is 6.81. The third-order valence-corrected chi connectivity index (χ3v) is 6.43. The van der Waals surface area contributed by atoms with Crippen molar-refractivity contribution in [2.24, 2.45) is 0 Å². The Morgan fingerprint density at radius 2 is 1.78 bits per heavy atom. The van der Waals surface area contributed by atoms with Crippen molar-refractivity contribution in [1.29, 1.82) is 0 Å². The lowest BCUT2D eigenvalue weighted by molar-refractivity contribution is 0.272. The number of nitrogens with zero attached hydrogens (tertiary/aromatic N) is 4. The lowest BCUT2D eigenvalue weighted by atomic mass is 10.0. The molecule has 0 bridgehead atoms. The lowest BCUT2D eigenvalue weighted by Gasteiger charge is -2.29. The zero-order chi connectivity index (χ0) is 22.1. The Hall–Kier alpha value is -3.22. The SMILES string of the molecule is CN(C)CCN1C(=S)N[C@@H](c2ccccn2)[C@H]1c1cccn1-c1ccc2ccccc2c1. The predicted molar refractivity (Wildman–Crippen MR) is 134 cm³/mol. The van der Waals surface area contributed by atoms with E-state index in [1.54, 1.807) is 0 Å². The molecule has 1 N–H and O–H groups in total. The van der Waals surface area contributed by atoms with Crippen molar-refractivity contribution in [2.45, 2.75) is 12.1 Å². The van der Waals surface area contributed by atoms with Crippen molar-refractivity contribution in [2.75, 3.05) is 27.2 Å². The summed E-state index contributed by atoms with van der Waals surface area (Å²) >= 11 is 5.80. The number of rotatable bonds is 6. The summed E-state index contributed by atoms with van der Waals surface area (Å²) in [6, 6.07) is 25.5. The minimum atomic E-state index is -0.0139. The van der Waals surface area contributed by atoms with Gasteiger partial charge in [-0.1, -0.05) is 36.4 Å². The normalized spacial score (nSPS) is 18.5. The van der Waals surface area contributed by atoms with Crippen molar-refractivity contribution in [3.63, 3.8) is 0 Å². The molecule has 5 nitrogen and oxygen atoms in total. The fourth-order valence-corrected chi connectivity index (χ4v) is 4.80. The van der Waals surface area contributed by atoms with Crippen LogP contribution < -0.4 is 5.32 Å². The van der Waals surface area contributed by atoms with E-state index in [-0.39, 0.29) is 12.1 Å². The first-order chi connectivity index (χ1) is 15.6. The smallest absolute Gasteiger partial charge is 0.170 e. The molecule has 0 unspecified atom stereocenters. The number of thiocarbonyl (C=S) groups is 1. The third-order valence-electron chi connectivity index (χ3n) is 6.08. The molecule has 6 heteroatoms. The van der Waals surface area contributed by atoms with E-state index < -0.39 is 0 Å². The molecule has 1 aliphatic heterocycles. The van der Waals surface area contributed by atoms with E-state index in [1.165, 1.54) is 16.5 Å². The van der Waals surface area contributed by atoms with Gasteiger partial charge in [0, 0.05) is 36.9 Å². The van der Waals surface area contributed by atoms with Gasteiger partial charge in [0.25, 0.3) is 0 Å². The van der Waals surface area contributed by atoms with Crippen LogP contribution in [0.15, 0.2) is 85.2 Å². The van der Waals surface area contributed by atoms with Gasteiger partial charge in [-0.15, -0.1) is 0 Å². The van der Waals surface area contributed by atoms with Gasteiger partial charge < -0.3 is 19.7 Å². The van der Waals surface area contributed by atoms with Crippen LogP contribution in [0.2, 0.25) is 0 Å². The monoisotopic (exact) mass is 441 g/mol. The third kappa shape index (κ3) is 3.87. The van der Waals surface area contributed by atoms with Gasteiger partial charge in [-0.25, -0.2) is 0 Å². The molecule has 0 spiro atoms. The Morgan fingerprint density at radius 1 is 0.969 bits per heavy atom. The fourth-order valence-electron chi connectivity index (χ4n) is 4.47. The number of likely N-dealkylation sites (N-methyl/N-ethyl adjacent to an activating group) is 1. The molecule has 0 aliphatic carbocycles. The number of pyridine rings is 1. The van der Waals surface area contributed by atoms with Crippen LogP contribution >= 0.6 is 12.2 Å². The molecule has 0 amide bonds. The van der Waals surface area contributed by atoms with Crippen molar-refractivity contribution in [3.8, 4) is 5.69 Å². The van der Waals surface area contributed by atoms with Gasteiger partial charge in [0.05, 0.1) is 17.8 Å². The Labute approximate surface area is 194 Å². The zero-order valence-corrected chi connectivity index (χ0v) is 19.2. The van der Waals surface area contributed by atoms with Crippen molar-refractivity contribution in [1.82, 2.24) is 24.7 Å². The van der Waals surface area contributed by atoms with Crippen molar-refractivity contribution in [3.05, 3.63) is 96.6 Å². The lowest BCUT2D eigenvalue weighted by Crippen LogP contribution is -2.36. The maximum absolute atomic E-state index is 5.80. The van der Waals surface area contributed by atoms with E-state index in [4.69, 9.17) is 12.2 Å². The molecule has 4 aromatic rings. The molecule has 32 heavy (non-hydrogen) atoms. The van der Waals surface area contributed by atoms with Gasteiger partial charge in [-0.3, -0.25) is 4.98 Å². The minimum absolute atomic E-state index is 0.0139. The molecule has 0 saturated carbocycles. The summed E-state index contributed by atoms with van der Waals surface area (Å²) in [5.41, 5.74) is 3.34. The first-order valence-electron chi connectivity index (χ1n) is 10.9. The van der Waals surface area contributed by atoms with Gasteiger partial charge in [0.15, 0.2) is 5.11 Å². The summed E-state index contributed by atoms with van der Waals surface area (Å²) in [4.78, 5) is 9.16. The molecule has 2 aromatic heterocycles. The van der Waals surface area contributed by atoms with Gasteiger partial charge in [0.1, 0.15) is 0 Å². The average Bonchev–Trinajstić information content (AvgIpc) is 3.42. The molecular weight excluding hydrogens is 414 g/mol. The van der Waals surface area contributed by atoms with E-state index >= 15 is 0 Å². The van der Waals surface area contributed by atoms with Crippen LogP contribution in [0, 0.1) is 0 Å². The quantitative estimate of drug-likeness (QED) is 0.444. The Bertz CT molecular complexity index is 1230. The van der Waals surface area contributed by atoms with Gasteiger partial charge in [-0.2, -0.15) is 0 Å². The van der Waals surface area contributed by atoms with Crippen LogP contribution in [0.25, 0.3) is 16.5 Å². The molecule has 1 saturated heterocycles. The van der Waals surface area contributed by atoms with Crippen LogP contribution in [0.5, 0.6) is 0 Å². The van der Waals surface area contributed by atoms with Crippen LogP contribution in [0.4, 0.5) is 0 Å². The van der Waals surface area contributed by atoms with Gasteiger partial charge >= 0.3 is 0 Å². The largest absolute Gasteiger partial charge is 0.352 e. The summed E-state index contributed by atoms with van der Waals surface area (Å²) in [6.45, 7) is 1.76. The second-order valence-electron chi connectivity index (χ2n) is 8.46. The first kappa shape index (κ1) is 20.7. The summed E-state index contributed by atoms with van der Waals surface area (Å²) in [6.07, 6.45) is 3.99. The molecule has 2 atom stereocenters. The molecule has 2 aromatic carbocycles. The van der Waals surface area contributed by atoms with Crippen LogP contribution in [0.1, 0.15) is 23.5 Å². The predicted octanol–water partition coefficient (Wildman–Crippen LogP) is 4.56. The maximum atomic E-state index is 5.80. The molecule has 1 aliphatic rings. The van der Waals surface area contributed by atoms with E-state index in [1.807, 2.05) is 18.3 Å². The van der Waals surface area contributed by atoms with E-state index in [2.05, 4.69) is 106 Å². The number of hydrogen-bond donors (Lipinski definition) is 1. The summed E-state index contributed by atoms with van der Waals surface area (Å²) in [7, 11) is 4.19. The Balaban J connectivity index is 1.59. The summed E-state index contributed by atoms with van der Waals surface area (Å²) in [5.74, 6) is 0. The molecule has 0 radical (unpaired) electrons. The number of nitrogens with one attached hydrogen (secondary N) is 1. The minimum Gasteiger partial charge on any atom is -0.352 e. The fraction of sp³-hybridized carbons (Fsp3) is 0.231. The van der Waals surface area contributed by atoms with Crippen LogP contribution in [-0.4, -0.2) is 51.6 Å². The highest BCUT2D eigenvalue weighted by Crippen LogP contribution is 2.39. The second kappa shape index (κ2) is 8.73. The van der Waals surface area contributed by atoms with E-state index in [0.717, 1.165) is 29.6 Å². The number of benzene rings is 2. The number of aromatic nitrogens is 2. The number of fused-ring (bicyclic) bond motifs is 1. The molecule has 162 valence electrons. The van der Waals surface area contributed by atoms with E-state index in [9.17, 15) is 0 Å². The molecule has 1 fully saturated rings. The Morgan fingerprint density at radius 3 is 2.56 bits per heavy atom. The number of hydrogen-bond acceptors (Lipinski definition) is 3. The highest BCUT2D eigenvalue weighted by molar-refractivity contribution is 7.80. The van der Waals surface area contributed by atoms with Crippen molar-refractivity contribution < 1.29 is 0 Å². The summed E-state index contributed by atoms with van der Waals surface area (Å²) < 4.78 is 2.28. The average molecular weight is 442 g/mol. The van der Waals surface area contributed by atoms with Crippen LogP contribution in [0.3, 0.4) is 0 Å².